The van der Waals surface area contributed by atoms with Gasteiger partial charge >= 0.3 is 10.3 Å². The van der Waals surface area contributed by atoms with Crippen LogP contribution in [0, 0.1) is 0 Å². The molecule has 3 rings (SSSR count). The van der Waals surface area contributed by atoms with Gasteiger partial charge in [-0.2, -0.15) is 8.42 Å². The number of fused-ring (bicyclic) bond motifs is 1. The van der Waals surface area contributed by atoms with Crippen molar-refractivity contribution >= 4 is 49.1 Å². The highest BCUT2D eigenvalue weighted by atomic mass is 32.2. The van der Waals surface area contributed by atoms with Crippen molar-refractivity contribution < 1.29 is 22.5 Å². The average Bonchev–Trinajstić information content (AvgIpc) is 3.12. The average molecular weight is 385 g/mol. The molecule has 0 atom stereocenters. The number of carbonyl (C=O) groups is 1. The zero-order valence-electron chi connectivity index (χ0n) is 12.2. The molecule has 0 spiro atoms. The highest BCUT2D eigenvalue weighted by Gasteiger charge is 2.20. The molecule has 0 fully saturated rings. The topological polar surface area (TPSA) is 118 Å². The molecular formula is C13H11N3O5S3. The van der Waals surface area contributed by atoms with Crippen LogP contribution in [0.3, 0.4) is 0 Å². The summed E-state index contributed by atoms with van der Waals surface area (Å²) in [4.78, 5) is 20.4. The molecule has 2 heterocycles. The van der Waals surface area contributed by atoms with Crippen LogP contribution in [0.4, 0.5) is 0 Å². The van der Waals surface area contributed by atoms with Gasteiger partial charge in [-0.15, -0.1) is 22.7 Å². The first-order chi connectivity index (χ1) is 11.4. The highest BCUT2D eigenvalue weighted by Crippen LogP contribution is 2.33. The molecule has 0 saturated carbocycles. The van der Waals surface area contributed by atoms with E-state index in [1.165, 1.54) is 41.0 Å². The zero-order chi connectivity index (χ0) is 17.3. The van der Waals surface area contributed by atoms with Crippen LogP contribution >= 0.6 is 22.7 Å². The summed E-state index contributed by atoms with van der Waals surface area (Å²) in [6.45, 7) is 1.42. The van der Waals surface area contributed by atoms with Gasteiger partial charge < -0.3 is 5.11 Å². The maximum absolute atomic E-state index is 11.9. The number of rotatable bonds is 5. The van der Waals surface area contributed by atoms with E-state index in [0.29, 0.717) is 15.5 Å². The summed E-state index contributed by atoms with van der Waals surface area (Å²) in [7, 11) is -4.14. The van der Waals surface area contributed by atoms with Crippen molar-refractivity contribution in [3.8, 4) is 15.8 Å². The number of aromatic hydroxyl groups is 1. The first-order valence-electron chi connectivity index (χ1n) is 6.65. The van der Waals surface area contributed by atoms with Crippen molar-refractivity contribution in [1.82, 2.24) is 14.7 Å². The molecule has 1 amide bonds. The molecular weight excluding hydrogens is 374 g/mol. The van der Waals surface area contributed by atoms with Gasteiger partial charge in [0, 0.05) is 5.38 Å². The summed E-state index contributed by atoms with van der Waals surface area (Å²) in [5.74, 6) is -0.734. The van der Waals surface area contributed by atoms with Gasteiger partial charge in [-0.3, -0.25) is 8.98 Å². The predicted octanol–water partition coefficient (Wildman–Crippen LogP) is 2.14. The number of hydrogen-bond donors (Lipinski definition) is 2. The third-order valence-electron chi connectivity index (χ3n) is 2.78. The van der Waals surface area contributed by atoms with Gasteiger partial charge in [0.15, 0.2) is 10.0 Å². The first-order valence-corrected chi connectivity index (χ1v) is 9.75. The Morgan fingerprint density at radius 1 is 1.33 bits per heavy atom. The zero-order valence-corrected chi connectivity index (χ0v) is 14.7. The Balaban J connectivity index is 1.85. The normalized spacial score (nSPS) is 11.7. The van der Waals surface area contributed by atoms with Crippen molar-refractivity contribution in [2.24, 2.45) is 0 Å². The Labute approximate surface area is 145 Å². The van der Waals surface area contributed by atoms with Crippen LogP contribution in [0.15, 0.2) is 23.6 Å². The molecule has 0 aliphatic heterocycles. The molecule has 2 N–H and O–H groups in total. The third-order valence-corrected chi connectivity index (χ3v) is 5.77. The van der Waals surface area contributed by atoms with E-state index in [0.717, 1.165) is 4.70 Å². The summed E-state index contributed by atoms with van der Waals surface area (Å²) >= 11 is 2.48. The Morgan fingerprint density at radius 2 is 2.12 bits per heavy atom. The number of amides is 1. The summed E-state index contributed by atoms with van der Waals surface area (Å²) in [6.07, 6.45) is 0. The monoisotopic (exact) mass is 385 g/mol. The second-order valence-corrected chi connectivity index (χ2v) is 7.74. The lowest BCUT2D eigenvalue weighted by Crippen LogP contribution is -2.32. The van der Waals surface area contributed by atoms with Crippen molar-refractivity contribution in [2.45, 2.75) is 6.92 Å². The summed E-state index contributed by atoms with van der Waals surface area (Å²) in [5, 5.41) is 12.0. The Hall–Kier alpha value is -2.08. The number of aromatic nitrogens is 2. The van der Waals surface area contributed by atoms with E-state index < -0.39 is 16.2 Å². The molecule has 0 aliphatic carbocycles. The number of nitrogens with one attached hydrogen (secondary N) is 1. The molecule has 0 bridgehead atoms. The maximum atomic E-state index is 11.9. The summed E-state index contributed by atoms with van der Waals surface area (Å²) in [6, 6.07) is 4.80. The van der Waals surface area contributed by atoms with E-state index in [9.17, 15) is 18.3 Å². The maximum Gasteiger partial charge on any atom is 0.362 e. The van der Waals surface area contributed by atoms with Crippen LogP contribution in [-0.2, 0) is 14.5 Å². The van der Waals surface area contributed by atoms with Crippen LogP contribution in [0.1, 0.15) is 17.4 Å². The number of phenols is 1. The van der Waals surface area contributed by atoms with Crippen LogP contribution in [0.2, 0.25) is 0 Å². The summed E-state index contributed by atoms with van der Waals surface area (Å²) in [5.41, 5.74) is 0.660. The molecule has 0 aliphatic rings. The van der Waals surface area contributed by atoms with Crippen LogP contribution in [0.25, 0.3) is 20.2 Å². The SMILES string of the molecule is CCOS(=O)(=O)NC(=O)c1csc(-c2nc3ccc(O)cc3s2)n1. The number of nitrogens with zero attached hydrogens (tertiary/aromatic N) is 2. The van der Waals surface area contributed by atoms with Crippen molar-refractivity contribution in [2.75, 3.05) is 6.61 Å². The lowest BCUT2D eigenvalue weighted by molar-refractivity contribution is 0.0972. The second-order valence-electron chi connectivity index (χ2n) is 4.50. The minimum Gasteiger partial charge on any atom is -0.508 e. The molecule has 2 aromatic heterocycles. The molecule has 24 heavy (non-hydrogen) atoms. The Morgan fingerprint density at radius 3 is 2.88 bits per heavy atom. The smallest absolute Gasteiger partial charge is 0.362 e. The van der Waals surface area contributed by atoms with Crippen molar-refractivity contribution in [1.29, 1.82) is 0 Å². The fourth-order valence-electron chi connectivity index (χ4n) is 1.83. The van der Waals surface area contributed by atoms with Crippen LogP contribution in [-0.4, -0.2) is 36.0 Å². The number of hydrogen-bond acceptors (Lipinski definition) is 9. The fraction of sp³-hybridized carbons (Fsp3) is 0.154. The number of thiazole rings is 2. The minimum absolute atomic E-state index is 0.0413. The Kier molecular flexibility index (Phi) is 4.49. The lowest BCUT2D eigenvalue weighted by Gasteiger charge is -2.03. The van der Waals surface area contributed by atoms with Gasteiger partial charge in [-0.1, -0.05) is 0 Å². The quantitative estimate of drug-likeness (QED) is 0.690. The largest absolute Gasteiger partial charge is 0.508 e. The summed E-state index contributed by atoms with van der Waals surface area (Å²) < 4.78 is 29.9. The molecule has 0 unspecified atom stereocenters. The fourth-order valence-corrected chi connectivity index (χ4v) is 4.37. The van der Waals surface area contributed by atoms with E-state index in [-0.39, 0.29) is 18.1 Å². The first kappa shape index (κ1) is 16.8. The number of benzene rings is 1. The van der Waals surface area contributed by atoms with Gasteiger partial charge in [0.25, 0.3) is 5.91 Å². The molecule has 1 aromatic carbocycles. The van der Waals surface area contributed by atoms with Crippen LogP contribution < -0.4 is 4.72 Å². The van der Waals surface area contributed by atoms with E-state index in [1.807, 2.05) is 0 Å². The van der Waals surface area contributed by atoms with Crippen molar-refractivity contribution in [3.63, 3.8) is 0 Å². The Bertz CT molecular complexity index is 1010. The standard InChI is InChI=1S/C13H11N3O5S3/c1-2-21-24(19,20)16-11(18)9-6-22-12(15-9)13-14-8-4-3-7(17)5-10(8)23-13/h3-6,17H,2H2,1H3,(H,16,18). The van der Waals surface area contributed by atoms with E-state index in [1.54, 1.807) is 16.9 Å². The minimum atomic E-state index is -4.14. The van der Waals surface area contributed by atoms with Gasteiger partial charge in [-0.25, -0.2) is 14.7 Å². The second kappa shape index (κ2) is 6.43. The van der Waals surface area contributed by atoms with E-state index in [4.69, 9.17) is 0 Å². The molecule has 0 radical (unpaired) electrons. The molecule has 11 heteroatoms. The van der Waals surface area contributed by atoms with E-state index >= 15 is 0 Å². The van der Waals surface area contributed by atoms with Crippen molar-refractivity contribution in [3.05, 3.63) is 29.3 Å². The predicted molar refractivity (Wildman–Crippen MR) is 90.4 cm³/mol. The lowest BCUT2D eigenvalue weighted by atomic mass is 10.3. The third kappa shape index (κ3) is 3.53. The highest BCUT2D eigenvalue weighted by molar-refractivity contribution is 7.85. The van der Waals surface area contributed by atoms with Gasteiger partial charge in [0.05, 0.1) is 16.8 Å². The number of phenolic OH excluding ortho intramolecular Hbond substituents is 1. The van der Waals surface area contributed by atoms with E-state index in [2.05, 4.69) is 14.2 Å². The molecule has 8 nitrogen and oxygen atoms in total. The molecule has 3 aromatic rings. The van der Waals surface area contributed by atoms with Crippen LogP contribution in [0.5, 0.6) is 5.75 Å². The molecule has 0 saturated heterocycles. The molecule has 126 valence electrons. The van der Waals surface area contributed by atoms with Gasteiger partial charge in [0.2, 0.25) is 0 Å². The van der Waals surface area contributed by atoms with Gasteiger partial charge in [-0.05, 0) is 25.1 Å². The number of carbonyl (C=O) groups excluding carboxylic acids is 1. The van der Waals surface area contributed by atoms with Gasteiger partial charge in [0.1, 0.15) is 11.4 Å².